The molecule has 0 spiro atoms. The Morgan fingerprint density at radius 2 is 2.06 bits per heavy atom. The van der Waals surface area contributed by atoms with Crippen molar-refractivity contribution in [2.45, 2.75) is 20.0 Å². The van der Waals surface area contributed by atoms with Crippen molar-refractivity contribution in [2.24, 2.45) is 7.05 Å². The zero-order chi connectivity index (χ0) is 13.3. The lowest BCUT2D eigenvalue weighted by atomic mass is 10.00. The van der Waals surface area contributed by atoms with Crippen molar-refractivity contribution in [1.82, 2.24) is 9.78 Å². The van der Waals surface area contributed by atoms with Gasteiger partial charge in [-0.3, -0.25) is 4.68 Å². The molecule has 0 aliphatic heterocycles. The molecule has 2 rings (SSSR count). The van der Waals surface area contributed by atoms with Crippen LogP contribution >= 0.6 is 0 Å². The quantitative estimate of drug-likeness (QED) is 0.902. The van der Waals surface area contributed by atoms with Crippen LogP contribution in [-0.2, 0) is 7.05 Å². The van der Waals surface area contributed by atoms with Gasteiger partial charge in [0.15, 0.2) is 0 Å². The zero-order valence-corrected chi connectivity index (χ0v) is 11.1. The molecule has 0 bridgehead atoms. The zero-order valence-electron chi connectivity index (χ0n) is 11.1. The van der Waals surface area contributed by atoms with E-state index in [1.165, 1.54) is 0 Å². The first-order valence-electron chi connectivity index (χ1n) is 5.86. The van der Waals surface area contributed by atoms with E-state index in [-0.39, 0.29) is 0 Å². The second kappa shape index (κ2) is 4.82. The maximum atomic E-state index is 10.5. The molecule has 4 nitrogen and oxygen atoms in total. The molecule has 1 atom stereocenters. The van der Waals surface area contributed by atoms with Crippen LogP contribution in [-0.4, -0.2) is 22.0 Å². The number of methoxy groups -OCH3 is 1. The lowest BCUT2D eigenvalue weighted by Gasteiger charge is -2.13. The van der Waals surface area contributed by atoms with Gasteiger partial charge in [0.05, 0.1) is 12.8 Å². The van der Waals surface area contributed by atoms with E-state index in [0.29, 0.717) is 0 Å². The van der Waals surface area contributed by atoms with Crippen molar-refractivity contribution in [3.05, 3.63) is 46.8 Å². The van der Waals surface area contributed by atoms with Gasteiger partial charge in [-0.2, -0.15) is 5.10 Å². The summed E-state index contributed by atoms with van der Waals surface area (Å²) in [5, 5.41) is 14.8. The number of ether oxygens (including phenoxy) is 1. The number of nitrogens with zero attached hydrogens (tertiary/aromatic N) is 2. The third-order valence-electron chi connectivity index (χ3n) is 3.25. The van der Waals surface area contributed by atoms with Crippen LogP contribution in [0.5, 0.6) is 5.75 Å². The molecule has 96 valence electrons. The van der Waals surface area contributed by atoms with Crippen molar-refractivity contribution in [3.8, 4) is 5.75 Å². The average molecular weight is 246 g/mol. The van der Waals surface area contributed by atoms with Gasteiger partial charge in [-0.25, -0.2) is 0 Å². The van der Waals surface area contributed by atoms with Crippen LogP contribution in [0, 0.1) is 13.8 Å². The summed E-state index contributed by atoms with van der Waals surface area (Å²) in [6.45, 7) is 3.87. The van der Waals surface area contributed by atoms with E-state index < -0.39 is 6.10 Å². The average Bonchev–Trinajstić information content (AvgIpc) is 2.62. The largest absolute Gasteiger partial charge is 0.497 e. The molecule has 0 saturated heterocycles. The molecule has 1 aromatic carbocycles. The van der Waals surface area contributed by atoms with Gasteiger partial charge in [0, 0.05) is 18.3 Å². The first kappa shape index (κ1) is 12.6. The predicted molar refractivity (Wildman–Crippen MR) is 69.7 cm³/mol. The van der Waals surface area contributed by atoms with Gasteiger partial charge >= 0.3 is 0 Å². The highest BCUT2D eigenvalue weighted by Crippen LogP contribution is 2.28. The van der Waals surface area contributed by atoms with E-state index in [1.807, 2.05) is 45.2 Å². The molecule has 0 aliphatic rings. The number of hydrogen-bond acceptors (Lipinski definition) is 3. The predicted octanol–water partition coefficient (Wildman–Crippen LogP) is 2.13. The van der Waals surface area contributed by atoms with E-state index in [9.17, 15) is 5.11 Å². The lowest BCUT2D eigenvalue weighted by molar-refractivity contribution is 0.218. The fourth-order valence-electron chi connectivity index (χ4n) is 2.16. The third-order valence-corrected chi connectivity index (χ3v) is 3.25. The van der Waals surface area contributed by atoms with Crippen molar-refractivity contribution in [1.29, 1.82) is 0 Å². The summed E-state index contributed by atoms with van der Waals surface area (Å²) in [5.74, 6) is 0.741. The highest BCUT2D eigenvalue weighted by Gasteiger charge is 2.19. The molecule has 2 aromatic rings. The fourth-order valence-corrected chi connectivity index (χ4v) is 2.16. The van der Waals surface area contributed by atoms with Crippen LogP contribution < -0.4 is 4.74 Å². The molecule has 0 amide bonds. The Morgan fingerprint density at radius 1 is 1.33 bits per heavy atom. The van der Waals surface area contributed by atoms with Crippen molar-refractivity contribution >= 4 is 0 Å². The van der Waals surface area contributed by atoms with Crippen LogP contribution in [0.4, 0.5) is 0 Å². The topological polar surface area (TPSA) is 47.3 Å². The number of benzene rings is 1. The minimum atomic E-state index is -0.672. The van der Waals surface area contributed by atoms with Gasteiger partial charge in [-0.1, -0.05) is 12.1 Å². The fraction of sp³-hybridized carbons (Fsp3) is 0.357. The Morgan fingerprint density at radius 3 is 2.61 bits per heavy atom. The SMILES string of the molecule is COc1cccc(C(O)c2c(C)nn(C)c2C)c1. The van der Waals surface area contributed by atoms with Crippen molar-refractivity contribution in [3.63, 3.8) is 0 Å². The summed E-state index contributed by atoms with van der Waals surface area (Å²) in [6, 6.07) is 7.47. The number of aliphatic hydroxyl groups is 1. The number of aromatic nitrogens is 2. The second-order valence-electron chi connectivity index (χ2n) is 4.39. The summed E-state index contributed by atoms with van der Waals surface area (Å²) in [5.41, 5.74) is 3.51. The van der Waals surface area contributed by atoms with E-state index in [0.717, 1.165) is 28.3 Å². The van der Waals surface area contributed by atoms with E-state index in [1.54, 1.807) is 11.8 Å². The monoisotopic (exact) mass is 246 g/mol. The third kappa shape index (κ3) is 2.11. The second-order valence-corrected chi connectivity index (χ2v) is 4.39. The van der Waals surface area contributed by atoms with Gasteiger partial charge in [0.25, 0.3) is 0 Å². The van der Waals surface area contributed by atoms with Crippen LogP contribution in [0.15, 0.2) is 24.3 Å². The number of aryl methyl sites for hydroxylation is 2. The summed E-state index contributed by atoms with van der Waals surface area (Å²) < 4.78 is 6.96. The van der Waals surface area contributed by atoms with Crippen molar-refractivity contribution in [2.75, 3.05) is 7.11 Å². The Bertz CT molecular complexity index is 561. The van der Waals surface area contributed by atoms with Gasteiger partial charge in [0.1, 0.15) is 11.9 Å². The lowest BCUT2D eigenvalue weighted by Crippen LogP contribution is -2.03. The highest BCUT2D eigenvalue weighted by atomic mass is 16.5. The summed E-state index contributed by atoms with van der Waals surface area (Å²) >= 11 is 0. The molecule has 18 heavy (non-hydrogen) atoms. The van der Waals surface area contributed by atoms with Crippen LogP contribution in [0.2, 0.25) is 0 Å². The minimum absolute atomic E-state index is 0.672. The molecule has 0 saturated carbocycles. The molecule has 1 heterocycles. The maximum Gasteiger partial charge on any atom is 0.119 e. The van der Waals surface area contributed by atoms with E-state index in [4.69, 9.17) is 4.74 Å². The number of aliphatic hydroxyl groups excluding tert-OH is 1. The van der Waals surface area contributed by atoms with Crippen LogP contribution in [0.1, 0.15) is 28.6 Å². The van der Waals surface area contributed by atoms with Gasteiger partial charge in [-0.15, -0.1) is 0 Å². The van der Waals surface area contributed by atoms with Crippen molar-refractivity contribution < 1.29 is 9.84 Å². The highest BCUT2D eigenvalue weighted by molar-refractivity contribution is 5.38. The molecule has 1 unspecified atom stereocenters. The maximum absolute atomic E-state index is 10.5. The van der Waals surface area contributed by atoms with E-state index >= 15 is 0 Å². The molecule has 4 heteroatoms. The smallest absolute Gasteiger partial charge is 0.119 e. The molecule has 1 N–H and O–H groups in total. The Hall–Kier alpha value is -1.81. The number of hydrogen-bond donors (Lipinski definition) is 1. The summed E-state index contributed by atoms with van der Waals surface area (Å²) in [4.78, 5) is 0. The first-order valence-corrected chi connectivity index (χ1v) is 5.86. The Kier molecular flexibility index (Phi) is 3.39. The molecule has 1 aromatic heterocycles. The summed E-state index contributed by atoms with van der Waals surface area (Å²) in [6.07, 6.45) is -0.672. The van der Waals surface area contributed by atoms with E-state index in [2.05, 4.69) is 5.10 Å². The van der Waals surface area contributed by atoms with Gasteiger partial charge in [0.2, 0.25) is 0 Å². The standard InChI is InChI=1S/C14H18N2O2/c1-9-13(10(2)16(3)15-9)14(17)11-6-5-7-12(8-11)18-4/h5-8,14,17H,1-4H3. The summed E-state index contributed by atoms with van der Waals surface area (Å²) in [7, 11) is 3.50. The van der Waals surface area contributed by atoms with Gasteiger partial charge in [-0.05, 0) is 31.5 Å². The molecule has 0 aliphatic carbocycles. The number of rotatable bonds is 3. The van der Waals surface area contributed by atoms with Crippen LogP contribution in [0.25, 0.3) is 0 Å². The normalized spacial score (nSPS) is 12.5. The molecular formula is C14H18N2O2. The molecule has 0 radical (unpaired) electrons. The van der Waals surface area contributed by atoms with Crippen LogP contribution in [0.3, 0.4) is 0 Å². The minimum Gasteiger partial charge on any atom is -0.497 e. The Balaban J connectivity index is 2.44. The Labute approximate surface area is 107 Å². The molecular weight excluding hydrogens is 228 g/mol. The first-order chi connectivity index (χ1) is 8.54. The molecule has 0 fully saturated rings. The van der Waals surface area contributed by atoms with Gasteiger partial charge < -0.3 is 9.84 Å².